The third-order valence-corrected chi connectivity index (χ3v) is 3.89. The number of carbonyl (C=O) groups is 2. The summed E-state index contributed by atoms with van der Waals surface area (Å²) in [5, 5.41) is 8.53. The van der Waals surface area contributed by atoms with Crippen LogP contribution in [0.4, 0.5) is 11.4 Å². The summed E-state index contributed by atoms with van der Waals surface area (Å²) in [6, 6.07) is 14.2. The van der Waals surface area contributed by atoms with Gasteiger partial charge in [0.2, 0.25) is 5.91 Å². The lowest BCUT2D eigenvalue weighted by molar-refractivity contribution is -0.116. The molecule has 0 saturated heterocycles. The molecule has 0 bridgehead atoms. The Morgan fingerprint density at radius 2 is 1.74 bits per heavy atom. The maximum atomic E-state index is 12.3. The van der Waals surface area contributed by atoms with Gasteiger partial charge in [-0.15, -0.1) is 0 Å². The second kappa shape index (κ2) is 7.96. The van der Waals surface area contributed by atoms with E-state index in [1.54, 1.807) is 38.2 Å². The van der Waals surface area contributed by atoms with Crippen LogP contribution in [0.5, 0.6) is 0 Å². The molecule has 23 heavy (non-hydrogen) atoms. The second-order valence-corrected chi connectivity index (χ2v) is 6.27. The Balaban J connectivity index is 2.02. The normalized spacial score (nSPS) is 11.4. The number of benzene rings is 2. The van der Waals surface area contributed by atoms with E-state index in [1.807, 2.05) is 24.3 Å². The van der Waals surface area contributed by atoms with Gasteiger partial charge < -0.3 is 16.0 Å². The first-order valence-electron chi connectivity index (χ1n) is 7.14. The van der Waals surface area contributed by atoms with Gasteiger partial charge in [-0.3, -0.25) is 9.59 Å². The molecule has 0 aromatic heterocycles. The number of carbonyl (C=O) groups excluding carboxylic acids is 2. The molecule has 1 atom stereocenters. The molecule has 0 aliphatic heterocycles. The van der Waals surface area contributed by atoms with E-state index in [-0.39, 0.29) is 11.8 Å². The molecule has 5 nitrogen and oxygen atoms in total. The number of hydrogen-bond donors (Lipinski definition) is 3. The van der Waals surface area contributed by atoms with Crippen LogP contribution in [0.25, 0.3) is 0 Å². The number of halogens is 1. The lowest BCUT2D eigenvalue weighted by Gasteiger charge is -2.16. The monoisotopic (exact) mass is 423 g/mol. The minimum atomic E-state index is -0.406. The Bertz CT molecular complexity index is 718. The van der Waals surface area contributed by atoms with Crippen LogP contribution in [0.3, 0.4) is 0 Å². The molecule has 2 aromatic carbocycles. The Hall–Kier alpha value is -2.09. The van der Waals surface area contributed by atoms with Gasteiger partial charge in [0.1, 0.15) is 6.04 Å². The van der Waals surface area contributed by atoms with Crippen LogP contribution < -0.4 is 16.0 Å². The van der Waals surface area contributed by atoms with Crippen molar-refractivity contribution < 1.29 is 9.59 Å². The van der Waals surface area contributed by atoms with Crippen molar-refractivity contribution in [3.05, 3.63) is 57.7 Å². The van der Waals surface area contributed by atoms with E-state index < -0.39 is 6.04 Å². The van der Waals surface area contributed by atoms with Crippen LogP contribution >= 0.6 is 22.6 Å². The van der Waals surface area contributed by atoms with Crippen LogP contribution in [0.2, 0.25) is 0 Å². The second-order valence-electron chi connectivity index (χ2n) is 5.03. The highest BCUT2D eigenvalue weighted by atomic mass is 127. The van der Waals surface area contributed by atoms with Gasteiger partial charge in [-0.05, 0) is 65.9 Å². The zero-order chi connectivity index (χ0) is 16.8. The first kappa shape index (κ1) is 17.3. The summed E-state index contributed by atoms with van der Waals surface area (Å²) < 4.78 is 1.10. The van der Waals surface area contributed by atoms with Crippen molar-refractivity contribution in [2.24, 2.45) is 0 Å². The van der Waals surface area contributed by atoms with E-state index in [9.17, 15) is 9.59 Å². The Labute approximate surface area is 149 Å². The molecule has 1 unspecified atom stereocenters. The molecule has 0 heterocycles. The first-order valence-corrected chi connectivity index (χ1v) is 8.22. The number of amides is 2. The van der Waals surface area contributed by atoms with Crippen LogP contribution in [0.1, 0.15) is 17.3 Å². The van der Waals surface area contributed by atoms with Gasteiger partial charge in [-0.25, -0.2) is 0 Å². The predicted molar refractivity (Wildman–Crippen MR) is 101 cm³/mol. The van der Waals surface area contributed by atoms with Crippen molar-refractivity contribution in [2.45, 2.75) is 13.0 Å². The summed E-state index contributed by atoms with van der Waals surface area (Å²) >= 11 is 2.22. The maximum absolute atomic E-state index is 12.3. The molecular weight excluding hydrogens is 405 g/mol. The minimum absolute atomic E-state index is 0.169. The highest BCUT2D eigenvalue weighted by molar-refractivity contribution is 14.1. The lowest BCUT2D eigenvalue weighted by atomic mass is 10.2. The standard InChI is InChI=1S/C17H18IN3O2/c1-11(20-15-8-4-6-13(18)10-15)16(22)21-14-7-3-5-12(9-14)17(23)19-2/h3-11,20H,1-2H3,(H,19,23)(H,21,22). The maximum Gasteiger partial charge on any atom is 0.251 e. The summed E-state index contributed by atoms with van der Waals surface area (Å²) in [7, 11) is 1.57. The number of rotatable bonds is 5. The third-order valence-electron chi connectivity index (χ3n) is 3.22. The molecule has 0 saturated carbocycles. The molecule has 6 heteroatoms. The average Bonchev–Trinajstić information content (AvgIpc) is 2.54. The molecule has 0 aliphatic carbocycles. The molecule has 2 aromatic rings. The van der Waals surface area contributed by atoms with Crippen molar-refractivity contribution >= 4 is 45.8 Å². The Morgan fingerprint density at radius 1 is 1.04 bits per heavy atom. The molecular formula is C17H18IN3O2. The molecule has 0 fully saturated rings. The Kier molecular flexibility index (Phi) is 5.97. The van der Waals surface area contributed by atoms with Crippen LogP contribution in [0, 0.1) is 3.57 Å². The third kappa shape index (κ3) is 4.95. The molecule has 0 aliphatic rings. The first-order chi connectivity index (χ1) is 11.0. The number of hydrogen-bond acceptors (Lipinski definition) is 3. The van der Waals surface area contributed by atoms with Crippen molar-refractivity contribution in [1.29, 1.82) is 0 Å². The van der Waals surface area contributed by atoms with Gasteiger partial charge in [-0.2, -0.15) is 0 Å². The van der Waals surface area contributed by atoms with E-state index >= 15 is 0 Å². The molecule has 0 radical (unpaired) electrons. The zero-order valence-corrected chi connectivity index (χ0v) is 15.0. The van der Waals surface area contributed by atoms with Gasteiger partial charge in [0.25, 0.3) is 5.91 Å². The lowest BCUT2D eigenvalue weighted by Crippen LogP contribution is -2.32. The van der Waals surface area contributed by atoms with Gasteiger partial charge in [0.05, 0.1) is 0 Å². The summed E-state index contributed by atoms with van der Waals surface area (Å²) in [6.07, 6.45) is 0. The van der Waals surface area contributed by atoms with E-state index in [0.717, 1.165) is 9.26 Å². The van der Waals surface area contributed by atoms with Crippen molar-refractivity contribution in [3.8, 4) is 0 Å². The van der Waals surface area contributed by atoms with E-state index in [1.165, 1.54) is 0 Å². The van der Waals surface area contributed by atoms with Gasteiger partial charge in [-0.1, -0.05) is 12.1 Å². The largest absolute Gasteiger partial charge is 0.374 e. The smallest absolute Gasteiger partial charge is 0.251 e. The zero-order valence-electron chi connectivity index (χ0n) is 12.9. The molecule has 2 amide bonds. The fourth-order valence-electron chi connectivity index (χ4n) is 2.03. The fourth-order valence-corrected chi connectivity index (χ4v) is 2.57. The fraction of sp³-hybridized carbons (Fsp3) is 0.176. The summed E-state index contributed by atoms with van der Waals surface area (Å²) in [5.74, 6) is -0.357. The summed E-state index contributed by atoms with van der Waals surface area (Å²) in [4.78, 5) is 23.9. The van der Waals surface area contributed by atoms with Gasteiger partial charge in [0, 0.05) is 27.6 Å². The van der Waals surface area contributed by atoms with E-state index in [2.05, 4.69) is 38.5 Å². The van der Waals surface area contributed by atoms with Crippen molar-refractivity contribution in [3.63, 3.8) is 0 Å². The highest BCUT2D eigenvalue weighted by Crippen LogP contribution is 2.15. The van der Waals surface area contributed by atoms with E-state index in [0.29, 0.717) is 11.3 Å². The van der Waals surface area contributed by atoms with Crippen molar-refractivity contribution in [2.75, 3.05) is 17.7 Å². The summed E-state index contributed by atoms with van der Waals surface area (Å²) in [6.45, 7) is 1.79. The van der Waals surface area contributed by atoms with Crippen LogP contribution in [-0.2, 0) is 4.79 Å². The van der Waals surface area contributed by atoms with Crippen molar-refractivity contribution in [1.82, 2.24) is 5.32 Å². The van der Waals surface area contributed by atoms with Gasteiger partial charge in [0.15, 0.2) is 0 Å². The molecule has 3 N–H and O–H groups in total. The van der Waals surface area contributed by atoms with E-state index in [4.69, 9.17) is 0 Å². The topological polar surface area (TPSA) is 70.2 Å². The number of anilines is 2. The quantitative estimate of drug-likeness (QED) is 0.648. The van der Waals surface area contributed by atoms with Crippen LogP contribution in [0.15, 0.2) is 48.5 Å². The molecule has 120 valence electrons. The molecule has 0 spiro atoms. The Morgan fingerprint density at radius 3 is 2.43 bits per heavy atom. The minimum Gasteiger partial charge on any atom is -0.374 e. The average molecular weight is 423 g/mol. The number of nitrogens with one attached hydrogen (secondary N) is 3. The molecule has 2 rings (SSSR count). The highest BCUT2D eigenvalue weighted by Gasteiger charge is 2.13. The SMILES string of the molecule is CNC(=O)c1cccc(NC(=O)C(C)Nc2cccc(I)c2)c1. The predicted octanol–water partition coefficient (Wildman–Crippen LogP) is 3.09. The summed E-state index contributed by atoms with van der Waals surface area (Å²) in [5.41, 5.74) is 1.98. The van der Waals surface area contributed by atoms with Gasteiger partial charge >= 0.3 is 0 Å². The van der Waals surface area contributed by atoms with Crippen LogP contribution in [-0.4, -0.2) is 24.9 Å².